The molecule has 0 saturated carbocycles. The topological polar surface area (TPSA) is 109 Å². The minimum atomic E-state index is -4.25. The van der Waals surface area contributed by atoms with Crippen LogP contribution in [0.15, 0.2) is 24.3 Å². The van der Waals surface area contributed by atoms with E-state index in [1.807, 2.05) is 12.1 Å². The zero-order chi connectivity index (χ0) is 28.9. The van der Waals surface area contributed by atoms with E-state index in [0.717, 1.165) is 0 Å². The van der Waals surface area contributed by atoms with Crippen molar-refractivity contribution in [2.45, 2.75) is 111 Å². The largest absolute Gasteiger partial charge is 0.530 e. The molecule has 2 atom stereocenters. The Morgan fingerprint density at radius 1 is 0.973 bits per heavy atom. The number of rotatable bonds is 11. The van der Waals surface area contributed by atoms with Crippen molar-refractivity contribution >= 4 is 28.0 Å². The molecule has 37 heavy (non-hydrogen) atoms. The maximum Gasteiger partial charge on any atom is 0.530 e. The van der Waals surface area contributed by atoms with Gasteiger partial charge >= 0.3 is 13.9 Å². The molecule has 0 fully saturated rings. The molecular formula is C26H46NO8PSi. The van der Waals surface area contributed by atoms with Gasteiger partial charge in [0.1, 0.15) is 17.4 Å². The summed E-state index contributed by atoms with van der Waals surface area (Å²) in [5, 5.41) is 2.46. The number of carbonyl (C=O) groups excluding carboxylic acids is 2. The lowest BCUT2D eigenvalue weighted by Crippen LogP contribution is -2.45. The number of Topliss-reactive ketones (excluding diaryl/α,β-unsaturated/α-hetero) is 1. The molecule has 0 aromatic heterocycles. The number of phosphoric acid groups is 1. The van der Waals surface area contributed by atoms with Crippen molar-refractivity contribution in [3.8, 4) is 5.75 Å². The van der Waals surface area contributed by atoms with E-state index < -0.39 is 51.9 Å². The molecule has 0 saturated heterocycles. The second kappa shape index (κ2) is 12.4. The average molecular weight is 560 g/mol. The molecular weight excluding hydrogens is 513 g/mol. The van der Waals surface area contributed by atoms with Crippen LogP contribution in [-0.4, -0.2) is 44.0 Å². The third-order valence-corrected chi connectivity index (χ3v) is 11.7. The highest BCUT2D eigenvalue weighted by Gasteiger charge is 2.39. The summed E-state index contributed by atoms with van der Waals surface area (Å²) in [5.74, 6) is -0.121. The molecule has 11 heteroatoms. The van der Waals surface area contributed by atoms with Gasteiger partial charge in [0, 0.05) is 5.56 Å². The zero-order valence-corrected chi connectivity index (χ0v) is 26.4. The smallest absolute Gasteiger partial charge is 0.444 e. The van der Waals surface area contributed by atoms with E-state index in [4.69, 9.17) is 22.7 Å². The third-order valence-electron chi connectivity index (χ3n) is 5.54. The molecule has 1 amide bonds. The number of phosphoric ester groups is 1. The van der Waals surface area contributed by atoms with Crippen LogP contribution in [0.4, 0.5) is 4.79 Å². The number of carbonyl (C=O) groups is 2. The molecule has 1 N–H and O–H groups in total. The fourth-order valence-corrected chi connectivity index (χ4v) is 5.10. The summed E-state index contributed by atoms with van der Waals surface area (Å²) < 4.78 is 42.5. The van der Waals surface area contributed by atoms with E-state index in [1.54, 1.807) is 53.7 Å². The lowest BCUT2D eigenvalue weighted by atomic mass is 10.2. The number of nitrogens with one attached hydrogen (secondary N) is 1. The first kappa shape index (κ1) is 33.3. The van der Waals surface area contributed by atoms with Crippen LogP contribution in [0.2, 0.25) is 18.1 Å². The van der Waals surface area contributed by atoms with Gasteiger partial charge in [0.2, 0.25) is 0 Å². The van der Waals surface area contributed by atoms with Crippen molar-refractivity contribution in [1.82, 2.24) is 5.32 Å². The standard InChI is InChI=1S/C26H46NO8PSi/c1-19(28)21(27-23(29)33-24(2,3)4)18-31-36(30,35-25(5,6)7)34-22-16-14-13-15-20(22)17-32-37(11,12)26(8,9)10/h13-16,21H,17-18H2,1-12H3,(H,27,29)/t21-,36?/m0/s1. The average Bonchev–Trinajstić information content (AvgIpc) is 2.66. The van der Waals surface area contributed by atoms with Gasteiger partial charge in [0.25, 0.3) is 0 Å². The van der Waals surface area contributed by atoms with Gasteiger partial charge in [-0.05, 0) is 72.7 Å². The Morgan fingerprint density at radius 2 is 1.54 bits per heavy atom. The number of amides is 1. The summed E-state index contributed by atoms with van der Waals surface area (Å²) in [4.78, 5) is 24.4. The monoisotopic (exact) mass is 559 g/mol. The lowest BCUT2D eigenvalue weighted by molar-refractivity contribution is -0.119. The Bertz CT molecular complexity index is 976. The molecule has 1 aromatic carbocycles. The highest BCUT2D eigenvalue weighted by atomic mass is 31.2. The van der Waals surface area contributed by atoms with E-state index in [2.05, 4.69) is 39.2 Å². The number of ketones is 1. The predicted molar refractivity (Wildman–Crippen MR) is 147 cm³/mol. The Morgan fingerprint density at radius 3 is 2.03 bits per heavy atom. The maximum absolute atomic E-state index is 13.8. The SMILES string of the molecule is CC(=O)[C@H](COP(=O)(Oc1ccccc1CO[Si](C)(C)C(C)(C)C)OC(C)(C)C)NC(=O)OC(C)(C)C. The Labute approximate surface area is 223 Å². The second-order valence-corrected chi connectivity index (χ2v) is 18.8. The second-order valence-electron chi connectivity index (χ2n) is 12.5. The minimum absolute atomic E-state index is 0.0133. The molecule has 1 rings (SSSR count). The predicted octanol–water partition coefficient (Wildman–Crippen LogP) is 7.01. The van der Waals surface area contributed by atoms with Crippen LogP contribution in [0, 0.1) is 0 Å². The van der Waals surface area contributed by atoms with Gasteiger partial charge in [-0.1, -0.05) is 39.0 Å². The number of hydrogen-bond acceptors (Lipinski definition) is 8. The molecule has 0 aliphatic rings. The van der Waals surface area contributed by atoms with Gasteiger partial charge in [-0.25, -0.2) is 9.36 Å². The van der Waals surface area contributed by atoms with Crippen LogP contribution in [0.25, 0.3) is 0 Å². The maximum atomic E-state index is 13.8. The first-order chi connectivity index (χ1) is 16.5. The number of hydrogen-bond donors (Lipinski definition) is 1. The highest BCUT2D eigenvalue weighted by Crippen LogP contribution is 2.53. The summed E-state index contributed by atoms with van der Waals surface area (Å²) in [5.41, 5.74) is -0.966. The van der Waals surface area contributed by atoms with Gasteiger partial charge in [-0.2, -0.15) is 0 Å². The Kier molecular flexibility index (Phi) is 11.2. The fourth-order valence-electron chi connectivity index (χ4n) is 2.59. The molecule has 212 valence electrons. The first-order valence-corrected chi connectivity index (χ1v) is 16.8. The van der Waals surface area contributed by atoms with Crippen molar-refractivity contribution in [2.75, 3.05) is 6.61 Å². The Balaban J connectivity index is 3.15. The number of alkyl carbamates (subject to hydrolysis) is 1. The highest BCUT2D eigenvalue weighted by molar-refractivity contribution is 7.49. The zero-order valence-electron chi connectivity index (χ0n) is 24.5. The van der Waals surface area contributed by atoms with Crippen molar-refractivity contribution in [1.29, 1.82) is 0 Å². The molecule has 0 aliphatic heterocycles. The Hall–Kier alpha value is -1.71. The third kappa shape index (κ3) is 12.1. The van der Waals surface area contributed by atoms with Crippen LogP contribution >= 0.6 is 7.82 Å². The summed E-state index contributed by atoms with van der Waals surface area (Å²) >= 11 is 0. The molecule has 0 spiro atoms. The van der Waals surface area contributed by atoms with Crippen molar-refractivity contribution in [3.05, 3.63) is 29.8 Å². The summed E-state index contributed by atoms with van der Waals surface area (Å²) in [6.45, 7) is 22.1. The fraction of sp³-hybridized carbons (Fsp3) is 0.692. The van der Waals surface area contributed by atoms with Crippen molar-refractivity contribution in [3.63, 3.8) is 0 Å². The summed E-state index contributed by atoms with van der Waals surface area (Å²) in [6.07, 6.45) is -0.795. The normalized spacial score (nSPS) is 15.5. The van der Waals surface area contributed by atoms with Crippen molar-refractivity contribution < 1.29 is 36.9 Å². The minimum Gasteiger partial charge on any atom is -0.444 e. The molecule has 1 unspecified atom stereocenters. The molecule has 0 bridgehead atoms. The molecule has 1 aromatic rings. The first-order valence-electron chi connectivity index (χ1n) is 12.4. The van der Waals surface area contributed by atoms with Gasteiger partial charge in [-0.3, -0.25) is 13.8 Å². The van der Waals surface area contributed by atoms with Crippen LogP contribution in [-0.2, 0) is 34.2 Å². The van der Waals surface area contributed by atoms with E-state index in [0.29, 0.717) is 5.56 Å². The van der Waals surface area contributed by atoms with Gasteiger partial charge in [0.15, 0.2) is 14.1 Å². The van der Waals surface area contributed by atoms with Gasteiger partial charge in [-0.15, -0.1) is 0 Å². The number of para-hydroxylation sites is 1. The van der Waals surface area contributed by atoms with E-state index >= 15 is 0 Å². The molecule has 0 aliphatic carbocycles. The summed E-state index contributed by atoms with van der Waals surface area (Å²) in [6, 6.07) is 5.95. The quantitative estimate of drug-likeness (QED) is 0.228. The molecule has 0 heterocycles. The lowest BCUT2D eigenvalue weighted by Gasteiger charge is -2.36. The van der Waals surface area contributed by atoms with E-state index in [9.17, 15) is 14.2 Å². The van der Waals surface area contributed by atoms with Gasteiger partial charge < -0.3 is 19.0 Å². The molecule has 0 radical (unpaired) electrons. The number of benzene rings is 1. The van der Waals surface area contributed by atoms with Crippen LogP contribution in [0.3, 0.4) is 0 Å². The van der Waals surface area contributed by atoms with Gasteiger partial charge in [0.05, 0.1) is 18.8 Å². The van der Waals surface area contributed by atoms with Crippen LogP contribution < -0.4 is 9.84 Å². The summed E-state index contributed by atoms with van der Waals surface area (Å²) in [7, 11) is -6.31. The van der Waals surface area contributed by atoms with Crippen molar-refractivity contribution in [2.24, 2.45) is 0 Å². The van der Waals surface area contributed by atoms with Crippen LogP contribution in [0.5, 0.6) is 5.75 Å². The van der Waals surface area contributed by atoms with E-state index in [-0.39, 0.29) is 17.4 Å². The molecule has 9 nitrogen and oxygen atoms in total. The van der Waals surface area contributed by atoms with Crippen LogP contribution in [0.1, 0.15) is 74.8 Å². The van der Waals surface area contributed by atoms with E-state index in [1.165, 1.54) is 6.92 Å². The number of ether oxygens (including phenoxy) is 1.